The Bertz CT molecular complexity index is 1760. The number of carbonyl (C=O) groups excluding carboxylic acids is 5. The minimum Gasteiger partial charge on any atom is -0.453 e. The molecule has 5 rings (SSSR count). The summed E-state index contributed by atoms with van der Waals surface area (Å²) in [4.78, 5) is 79.7. The maximum atomic E-state index is 13.5. The van der Waals surface area contributed by atoms with Crippen molar-refractivity contribution >= 4 is 29.9 Å². The molecule has 15 nitrogen and oxygen atoms in total. The summed E-state index contributed by atoms with van der Waals surface area (Å²) >= 11 is 0. The van der Waals surface area contributed by atoms with Gasteiger partial charge in [-0.3, -0.25) is 19.4 Å². The molecule has 0 aliphatic carbocycles. The molecule has 15 heteroatoms. The van der Waals surface area contributed by atoms with Gasteiger partial charge < -0.3 is 40.2 Å². The molecule has 2 saturated heterocycles. The highest BCUT2D eigenvalue weighted by atomic mass is 16.5. The summed E-state index contributed by atoms with van der Waals surface area (Å²) in [5.41, 5.74) is 3.65. The summed E-state index contributed by atoms with van der Waals surface area (Å²) in [5, 5.41) is 8.28. The molecule has 284 valence electrons. The van der Waals surface area contributed by atoms with Crippen LogP contribution in [0.5, 0.6) is 0 Å². The molecule has 0 saturated carbocycles. The molecule has 2 aliphatic heterocycles. The SMILES string of the molecule is COC(=O)N[C@H](C(=O)N1CCC[C@H]1CNC(=O)c1ccc(-c2ccc(-c3cnc([C@@H]4CCCN4C(=O)[C@@H](NC(=O)OC)C(C)C)[nH]3)nc2)cc1)C(C)C. The molecule has 53 heavy (non-hydrogen) atoms. The zero-order valence-electron chi connectivity index (χ0n) is 31.2. The van der Waals surface area contributed by atoms with E-state index < -0.39 is 24.3 Å². The van der Waals surface area contributed by atoms with Crippen molar-refractivity contribution in [2.24, 2.45) is 11.8 Å². The van der Waals surface area contributed by atoms with Crippen molar-refractivity contribution in [3.8, 4) is 22.5 Å². The standard InChI is InChI=1S/C38H50N8O7/c1-22(2)31(43-37(50)52-5)35(48)45-17-7-9-27(45)20-41-34(47)25-13-11-24(12-14-25)26-15-16-28(39-19-26)29-21-40-33(42-29)30-10-8-18-46(30)36(49)32(23(3)4)44-38(51)53-6/h11-16,19,21-23,27,30-32H,7-10,17-18,20H2,1-6H3,(H,40,42)(H,41,47)(H,43,50)(H,44,51)/t27-,30-,31-,32-/m0/s1. The van der Waals surface area contributed by atoms with Gasteiger partial charge in [0.2, 0.25) is 11.8 Å². The summed E-state index contributed by atoms with van der Waals surface area (Å²) in [6.07, 6.45) is 5.30. The van der Waals surface area contributed by atoms with Gasteiger partial charge in [0, 0.05) is 43.0 Å². The number of imidazole rings is 1. The maximum absolute atomic E-state index is 13.5. The number of H-pyrrole nitrogens is 1. The molecule has 0 unspecified atom stereocenters. The predicted molar refractivity (Wildman–Crippen MR) is 196 cm³/mol. The van der Waals surface area contributed by atoms with E-state index in [2.05, 4.69) is 30.9 Å². The second kappa shape index (κ2) is 17.4. The smallest absolute Gasteiger partial charge is 0.407 e. The number of hydrogen-bond acceptors (Lipinski definition) is 9. The summed E-state index contributed by atoms with van der Waals surface area (Å²) in [5.74, 6) is -0.188. The third kappa shape index (κ3) is 9.13. The first-order valence-electron chi connectivity index (χ1n) is 18.1. The molecule has 1 aromatic carbocycles. The van der Waals surface area contributed by atoms with Crippen LogP contribution in [0, 0.1) is 11.8 Å². The van der Waals surface area contributed by atoms with Gasteiger partial charge in [-0.2, -0.15) is 0 Å². The van der Waals surface area contributed by atoms with Crippen LogP contribution in [0.4, 0.5) is 9.59 Å². The Morgan fingerprint density at radius 3 is 1.94 bits per heavy atom. The molecule has 3 aromatic rings. The number of aromatic nitrogens is 3. The lowest BCUT2D eigenvalue weighted by Gasteiger charge is -2.30. The highest BCUT2D eigenvalue weighted by Crippen LogP contribution is 2.33. The fourth-order valence-electron chi connectivity index (χ4n) is 6.90. The van der Waals surface area contributed by atoms with E-state index in [0.717, 1.165) is 36.8 Å². The van der Waals surface area contributed by atoms with Crippen molar-refractivity contribution in [2.45, 2.75) is 77.5 Å². The summed E-state index contributed by atoms with van der Waals surface area (Å²) < 4.78 is 9.43. The molecular formula is C38H50N8O7. The molecule has 0 spiro atoms. The van der Waals surface area contributed by atoms with E-state index in [4.69, 9.17) is 9.47 Å². The minimum absolute atomic E-state index is 0.124. The lowest BCUT2D eigenvalue weighted by Crippen LogP contribution is -2.54. The molecule has 5 amide bonds. The van der Waals surface area contributed by atoms with Gasteiger partial charge in [-0.05, 0) is 61.3 Å². The summed E-state index contributed by atoms with van der Waals surface area (Å²) in [7, 11) is 2.54. The molecule has 4 heterocycles. The van der Waals surface area contributed by atoms with E-state index in [0.29, 0.717) is 42.4 Å². The third-order valence-corrected chi connectivity index (χ3v) is 9.91. The van der Waals surface area contributed by atoms with Gasteiger partial charge >= 0.3 is 12.2 Å². The van der Waals surface area contributed by atoms with Crippen molar-refractivity contribution in [1.82, 2.24) is 40.7 Å². The molecule has 0 radical (unpaired) electrons. The number of carbonyl (C=O) groups is 5. The fraction of sp³-hybridized carbons (Fsp3) is 0.500. The van der Waals surface area contributed by atoms with Crippen molar-refractivity contribution in [2.75, 3.05) is 33.9 Å². The highest BCUT2D eigenvalue weighted by molar-refractivity contribution is 5.95. The van der Waals surface area contributed by atoms with Crippen LogP contribution in [0.15, 0.2) is 48.8 Å². The number of ether oxygens (including phenoxy) is 2. The Morgan fingerprint density at radius 1 is 0.774 bits per heavy atom. The first kappa shape index (κ1) is 38.8. The monoisotopic (exact) mass is 730 g/mol. The highest BCUT2D eigenvalue weighted by Gasteiger charge is 2.38. The largest absolute Gasteiger partial charge is 0.453 e. The van der Waals surface area contributed by atoms with Gasteiger partial charge in [0.05, 0.1) is 37.8 Å². The van der Waals surface area contributed by atoms with Crippen LogP contribution in [0.25, 0.3) is 22.5 Å². The van der Waals surface area contributed by atoms with Gasteiger partial charge in [0.1, 0.15) is 17.9 Å². The summed E-state index contributed by atoms with van der Waals surface area (Å²) in [6, 6.07) is 9.22. The third-order valence-electron chi connectivity index (χ3n) is 9.91. The number of aromatic amines is 1. The zero-order chi connectivity index (χ0) is 38.2. The van der Waals surface area contributed by atoms with Gasteiger partial charge in [-0.1, -0.05) is 45.9 Å². The molecule has 4 N–H and O–H groups in total. The number of pyridine rings is 1. The van der Waals surface area contributed by atoms with Crippen molar-refractivity contribution < 1.29 is 33.4 Å². The number of methoxy groups -OCH3 is 2. The van der Waals surface area contributed by atoms with Crippen molar-refractivity contribution in [3.63, 3.8) is 0 Å². The fourth-order valence-corrected chi connectivity index (χ4v) is 6.90. The van der Waals surface area contributed by atoms with Crippen LogP contribution in [-0.4, -0.2) is 107 Å². The predicted octanol–water partition coefficient (Wildman–Crippen LogP) is 4.28. The molecule has 2 aliphatic rings. The average molecular weight is 731 g/mol. The number of benzene rings is 1. The van der Waals surface area contributed by atoms with Crippen LogP contribution in [0.3, 0.4) is 0 Å². The average Bonchev–Trinajstić information content (AvgIpc) is 3.96. The Kier molecular flexibility index (Phi) is 12.7. The topological polar surface area (TPSA) is 188 Å². The second-order valence-electron chi connectivity index (χ2n) is 14.1. The number of amides is 5. The maximum Gasteiger partial charge on any atom is 0.407 e. The van der Waals surface area contributed by atoms with Crippen LogP contribution in [-0.2, 0) is 19.1 Å². The van der Waals surface area contributed by atoms with E-state index in [1.807, 2.05) is 52.0 Å². The molecule has 2 fully saturated rings. The number of rotatable bonds is 12. The number of nitrogens with zero attached hydrogens (tertiary/aromatic N) is 4. The van der Waals surface area contributed by atoms with E-state index in [9.17, 15) is 24.0 Å². The van der Waals surface area contributed by atoms with Gasteiger partial charge in [-0.25, -0.2) is 14.6 Å². The molecule has 2 aromatic heterocycles. The Hall–Kier alpha value is -5.47. The lowest BCUT2D eigenvalue weighted by atomic mass is 10.0. The zero-order valence-corrected chi connectivity index (χ0v) is 31.2. The molecule has 4 atom stereocenters. The van der Waals surface area contributed by atoms with Crippen molar-refractivity contribution in [1.29, 1.82) is 0 Å². The lowest BCUT2D eigenvalue weighted by molar-refractivity contribution is -0.136. The first-order valence-corrected chi connectivity index (χ1v) is 18.1. The Balaban J connectivity index is 1.18. The van der Waals surface area contributed by atoms with Crippen LogP contribution < -0.4 is 16.0 Å². The first-order chi connectivity index (χ1) is 25.4. The van der Waals surface area contributed by atoms with Gasteiger partial charge in [-0.15, -0.1) is 0 Å². The molecule has 0 bridgehead atoms. The molecular weight excluding hydrogens is 680 g/mol. The van der Waals surface area contributed by atoms with E-state index >= 15 is 0 Å². The van der Waals surface area contributed by atoms with E-state index in [1.54, 1.807) is 34.3 Å². The number of hydrogen-bond donors (Lipinski definition) is 4. The number of nitrogens with one attached hydrogen (secondary N) is 4. The van der Waals surface area contributed by atoms with Gasteiger partial charge in [0.25, 0.3) is 5.91 Å². The number of alkyl carbamates (subject to hydrolysis) is 2. The van der Waals surface area contributed by atoms with Crippen molar-refractivity contribution in [3.05, 3.63) is 60.2 Å². The van der Waals surface area contributed by atoms with Crippen LogP contribution in [0.2, 0.25) is 0 Å². The van der Waals surface area contributed by atoms with E-state index in [1.165, 1.54) is 14.2 Å². The van der Waals surface area contributed by atoms with E-state index in [-0.39, 0.29) is 41.6 Å². The normalized spacial score (nSPS) is 18.1. The Morgan fingerprint density at radius 2 is 1.36 bits per heavy atom. The minimum atomic E-state index is -0.714. The quantitative estimate of drug-likeness (QED) is 0.211. The number of likely N-dealkylation sites (tertiary alicyclic amines) is 2. The van der Waals surface area contributed by atoms with Crippen LogP contribution in [0.1, 0.15) is 75.6 Å². The van der Waals surface area contributed by atoms with Crippen LogP contribution >= 0.6 is 0 Å². The summed E-state index contributed by atoms with van der Waals surface area (Å²) in [6.45, 7) is 8.92. The van der Waals surface area contributed by atoms with Gasteiger partial charge in [0.15, 0.2) is 0 Å². The second-order valence-corrected chi connectivity index (χ2v) is 14.1. The Labute approximate surface area is 309 Å².